The minimum Gasteiger partial charge on any atom is -0.324 e. The average molecular weight is 298 g/mol. The molecule has 0 fully saturated rings. The molecule has 1 nitrogen and oxygen atoms in total. The molecule has 0 aromatic heterocycles. The van der Waals surface area contributed by atoms with E-state index in [4.69, 9.17) is 28.9 Å². The highest BCUT2D eigenvalue weighted by Crippen LogP contribution is 2.25. The van der Waals surface area contributed by atoms with Crippen LogP contribution in [0.5, 0.6) is 0 Å². The lowest BCUT2D eigenvalue weighted by molar-refractivity contribution is 0.624. The van der Waals surface area contributed by atoms with Crippen LogP contribution in [0.2, 0.25) is 10.0 Å². The Labute approximate surface area is 122 Å². The Kier molecular flexibility index (Phi) is 4.46. The van der Waals surface area contributed by atoms with E-state index < -0.39 is 0 Å². The lowest BCUT2D eigenvalue weighted by atomic mass is 9.97. The third-order valence-corrected chi connectivity index (χ3v) is 3.49. The van der Waals surface area contributed by atoms with Crippen molar-refractivity contribution in [2.45, 2.75) is 19.4 Å². The van der Waals surface area contributed by atoms with Crippen molar-refractivity contribution >= 4 is 23.2 Å². The van der Waals surface area contributed by atoms with Gasteiger partial charge in [0.25, 0.3) is 0 Å². The van der Waals surface area contributed by atoms with E-state index >= 15 is 0 Å². The second-order valence-corrected chi connectivity index (χ2v) is 5.46. The Morgan fingerprint density at radius 1 is 1.11 bits per heavy atom. The molecule has 0 aliphatic carbocycles. The van der Waals surface area contributed by atoms with Gasteiger partial charge >= 0.3 is 0 Å². The molecule has 2 aromatic carbocycles. The molecule has 100 valence electrons. The van der Waals surface area contributed by atoms with Crippen LogP contribution in [0, 0.1) is 12.7 Å². The zero-order chi connectivity index (χ0) is 14.0. The summed E-state index contributed by atoms with van der Waals surface area (Å²) in [6.45, 7) is 1.87. The second kappa shape index (κ2) is 5.91. The molecule has 0 bridgehead atoms. The molecular formula is C15H14Cl2FN. The van der Waals surface area contributed by atoms with Gasteiger partial charge in [-0.05, 0) is 60.4 Å². The molecule has 1 atom stereocenters. The smallest absolute Gasteiger partial charge is 0.123 e. The van der Waals surface area contributed by atoms with Crippen molar-refractivity contribution in [1.29, 1.82) is 0 Å². The molecule has 0 radical (unpaired) electrons. The summed E-state index contributed by atoms with van der Waals surface area (Å²) in [5.41, 5.74) is 8.95. The van der Waals surface area contributed by atoms with Gasteiger partial charge in [0.2, 0.25) is 0 Å². The molecule has 2 rings (SSSR count). The third-order valence-electron chi connectivity index (χ3n) is 3.06. The van der Waals surface area contributed by atoms with Crippen LogP contribution >= 0.6 is 23.2 Å². The molecule has 4 heteroatoms. The van der Waals surface area contributed by atoms with Crippen molar-refractivity contribution in [3.63, 3.8) is 0 Å². The standard InChI is InChI=1S/C15H14Cl2FN/c1-9-4-14(18)3-2-10(9)7-15(19)11-5-12(16)8-13(17)6-11/h2-6,8,15H,7,19H2,1H3. The van der Waals surface area contributed by atoms with E-state index in [0.29, 0.717) is 16.5 Å². The van der Waals surface area contributed by atoms with Gasteiger partial charge in [-0.3, -0.25) is 0 Å². The highest BCUT2D eigenvalue weighted by atomic mass is 35.5. The Hall–Kier alpha value is -1.09. The van der Waals surface area contributed by atoms with Gasteiger partial charge < -0.3 is 5.73 Å². The van der Waals surface area contributed by atoms with E-state index in [0.717, 1.165) is 16.7 Å². The van der Waals surface area contributed by atoms with Crippen LogP contribution in [0.3, 0.4) is 0 Å². The van der Waals surface area contributed by atoms with Crippen molar-refractivity contribution in [2.75, 3.05) is 0 Å². The summed E-state index contributed by atoms with van der Waals surface area (Å²) < 4.78 is 13.0. The maximum Gasteiger partial charge on any atom is 0.123 e. The van der Waals surface area contributed by atoms with Gasteiger partial charge in [-0.1, -0.05) is 29.3 Å². The summed E-state index contributed by atoms with van der Waals surface area (Å²) >= 11 is 11.9. The minimum atomic E-state index is -0.236. The molecular weight excluding hydrogens is 284 g/mol. The minimum absolute atomic E-state index is 0.222. The lowest BCUT2D eigenvalue weighted by Crippen LogP contribution is -2.14. The van der Waals surface area contributed by atoms with Crippen LogP contribution in [0.1, 0.15) is 22.7 Å². The molecule has 0 aliphatic rings. The Bertz CT molecular complexity index is 578. The molecule has 0 amide bonds. The zero-order valence-electron chi connectivity index (χ0n) is 10.5. The van der Waals surface area contributed by atoms with Crippen molar-refractivity contribution in [3.05, 3.63) is 69.0 Å². The van der Waals surface area contributed by atoms with E-state index in [-0.39, 0.29) is 11.9 Å². The van der Waals surface area contributed by atoms with E-state index in [1.807, 2.05) is 6.92 Å². The summed E-state index contributed by atoms with van der Waals surface area (Å²) in [4.78, 5) is 0. The fourth-order valence-electron chi connectivity index (χ4n) is 2.03. The first kappa shape index (κ1) is 14.3. The summed E-state index contributed by atoms with van der Waals surface area (Å²) in [5, 5.41) is 1.13. The maximum absolute atomic E-state index is 13.0. The number of hydrogen-bond acceptors (Lipinski definition) is 1. The molecule has 2 N–H and O–H groups in total. The first-order valence-electron chi connectivity index (χ1n) is 5.92. The number of benzene rings is 2. The van der Waals surface area contributed by atoms with Gasteiger partial charge in [-0.25, -0.2) is 4.39 Å². The zero-order valence-corrected chi connectivity index (χ0v) is 12.0. The van der Waals surface area contributed by atoms with E-state index in [1.165, 1.54) is 12.1 Å². The summed E-state index contributed by atoms with van der Waals surface area (Å²) in [5.74, 6) is -0.236. The van der Waals surface area contributed by atoms with Crippen LogP contribution < -0.4 is 5.73 Å². The van der Waals surface area contributed by atoms with Gasteiger partial charge in [-0.15, -0.1) is 0 Å². The van der Waals surface area contributed by atoms with Crippen LogP contribution in [0.25, 0.3) is 0 Å². The highest BCUT2D eigenvalue weighted by Gasteiger charge is 2.11. The lowest BCUT2D eigenvalue weighted by Gasteiger charge is -2.14. The predicted molar refractivity (Wildman–Crippen MR) is 78.2 cm³/mol. The van der Waals surface area contributed by atoms with Crippen molar-refractivity contribution in [2.24, 2.45) is 5.73 Å². The Balaban J connectivity index is 2.22. The molecule has 0 heterocycles. The third kappa shape index (κ3) is 3.69. The summed E-state index contributed by atoms with van der Waals surface area (Å²) in [6.07, 6.45) is 0.614. The number of hydrogen-bond donors (Lipinski definition) is 1. The molecule has 0 spiro atoms. The number of nitrogens with two attached hydrogens (primary N) is 1. The van der Waals surface area contributed by atoms with Gasteiger partial charge in [-0.2, -0.15) is 0 Å². The van der Waals surface area contributed by atoms with Gasteiger partial charge in [0.15, 0.2) is 0 Å². The summed E-state index contributed by atoms with van der Waals surface area (Å²) in [7, 11) is 0. The molecule has 2 aromatic rings. The van der Waals surface area contributed by atoms with E-state index in [1.54, 1.807) is 24.3 Å². The average Bonchev–Trinajstić information content (AvgIpc) is 2.31. The van der Waals surface area contributed by atoms with E-state index in [2.05, 4.69) is 0 Å². The second-order valence-electron chi connectivity index (χ2n) is 4.58. The quantitative estimate of drug-likeness (QED) is 0.874. The van der Waals surface area contributed by atoms with Gasteiger partial charge in [0.05, 0.1) is 0 Å². The first-order chi connectivity index (χ1) is 8.95. The molecule has 19 heavy (non-hydrogen) atoms. The highest BCUT2D eigenvalue weighted by molar-refractivity contribution is 6.34. The van der Waals surface area contributed by atoms with Crippen molar-refractivity contribution in [3.8, 4) is 0 Å². The van der Waals surface area contributed by atoms with Crippen LogP contribution in [0.15, 0.2) is 36.4 Å². The first-order valence-corrected chi connectivity index (χ1v) is 6.68. The SMILES string of the molecule is Cc1cc(F)ccc1CC(N)c1cc(Cl)cc(Cl)c1. The number of aryl methyl sites for hydroxylation is 1. The topological polar surface area (TPSA) is 26.0 Å². The molecule has 1 unspecified atom stereocenters. The summed E-state index contributed by atoms with van der Waals surface area (Å²) in [6, 6.07) is 9.76. The predicted octanol–water partition coefficient (Wildman–Crippen LogP) is 4.68. The molecule has 0 saturated heterocycles. The number of halogens is 3. The monoisotopic (exact) mass is 297 g/mol. The fraction of sp³-hybridized carbons (Fsp3) is 0.200. The largest absolute Gasteiger partial charge is 0.324 e. The maximum atomic E-state index is 13.0. The molecule has 0 saturated carbocycles. The van der Waals surface area contributed by atoms with Gasteiger partial charge in [0, 0.05) is 16.1 Å². The van der Waals surface area contributed by atoms with Crippen LogP contribution in [-0.2, 0) is 6.42 Å². The van der Waals surface area contributed by atoms with Crippen molar-refractivity contribution < 1.29 is 4.39 Å². The van der Waals surface area contributed by atoms with Crippen LogP contribution in [-0.4, -0.2) is 0 Å². The Morgan fingerprint density at radius 3 is 2.32 bits per heavy atom. The number of rotatable bonds is 3. The normalized spacial score (nSPS) is 12.5. The van der Waals surface area contributed by atoms with Crippen LogP contribution in [0.4, 0.5) is 4.39 Å². The molecule has 0 aliphatic heterocycles. The van der Waals surface area contributed by atoms with Gasteiger partial charge in [0.1, 0.15) is 5.82 Å². The Morgan fingerprint density at radius 2 is 1.74 bits per heavy atom. The van der Waals surface area contributed by atoms with Crippen molar-refractivity contribution in [1.82, 2.24) is 0 Å². The fourth-order valence-corrected chi connectivity index (χ4v) is 2.58. The van der Waals surface area contributed by atoms with E-state index in [9.17, 15) is 4.39 Å².